The normalized spacial score (nSPS) is 16.5. The molecule has 0 atom stereocenters. The maximum absolute atomic E-state index is 11.3. The Morgan fingerprint density at radius 1 is 1.17 bits per heavy atom. The fraction of sp³-hybridized carbons (Fsp3) is 0.533. The number of likely N-dealkylation sites (tertiary alicyclic amines) is 1. The number of piperidine rings is 1. The Labute approximate surface area is 109 Å². The molecule has 3 heteroatoms. The molecule has 1 aromatic rings. The summed E-state index contributed by atoms with van der Waals surface area (Å²) < 4.78 is 4.68. The standard InChI is InChI=1S/C15H21NO2/c1-18-15(17)14-7-5-13(6-8-14)9-12-16-10-3-2-4-11-16/h5-8H,2-4,9-12H2,1H3. The first-order chi connectivity index (χ1) is 8.79. The van der Waals surface area contributed by atoms with Gasteiger partial charge in [0.05, 0.1) is 12.7 Å². The minimum Gasteiger partial charge on any atom is -0.465 e. The average molecular weight is 247 g/mol. The highest BCUT2D eigenvalue weighted by Gasteiger charge is 2.10. The smallest absolute Gasteiger partial charge is 0.337 e. The highest BCUT2D eigenvalue weighted by atomic mass is 16.5. The van der Waals surface area contributed by atoms with Crippen molar-refractivity contribution < 1.29 is 9.53 Å². The lowest BCUT2D eigenvalue weighted by Gasteiger charge is -2.26. The lowest BCUT2D eigenvalue weighted by molar-refractivity contribution is 0.0600. The van der Waals surface area contributed by atoms with Gasteiger partial charge >= 0.3 is 5.97 Å². The lowest BCUT2D eigenvalue weighted by Crippen LogP contribution is -2.31. The minimum absolute atomic E-state index is 0.266. The summed E-state index contributed by atoms with van der Waals surface area (Å²) in [6, 6.07) is 7.74. The van der Waals surface area contributed by atoms with Crippen molar-refractivity contribution in [3.8, 4) is 0 Å². The van der Waals surface area contributed by atoms with Crippen LogP contribution in [0.5, 0.6) is 0 Å². The zero-order valence-electron chi connectivity index (χ0n) is 11.0. The second-order valence-corrected chi connectivity index (χ2v) is 4.84. The number of nitrogens with zero attached hydrogens (tertiary/aromatic N) is 1. The van der Waals surface area contributed by atoms with Gasteiger partial charge in [0.2, 0.25) is 0 Å². The van der Waals surface area contributed by atoms with Gasteiger partial charge in [0.15, 0.2) is 0 Å². The van der Waals surface area contributed by atoms with Crippen LogP contribution in [0.25, 0.3) is 0 Å². The topological polar surface area (TPSA) is 29.5 Å². The summed E-state index contributed by atoms with van der Waals surface area (Å²) in [6.45, 7) is 3.60. The molecule has 0 radical (unpaired) electrons. The lowest BCUT2D eigenvalue weighted by atomic mass is 10.1. The Morgan fingerprint density at radius 3 is 2.44 bits per heavy atom. The van der Waals surface area contributed by atoms with Gasteiger partial charge in [0.25, 0.3) is 0 Å². The van der Waals surface area contributed by atoms with Gasteiger partial charge in [0.1, 0.15) is 0 Å². The van der Waals surface area contributed by atoms with Crippen molar-refractivity contribution in [2.24, 2.45) is 0 Å². The van der Waals surface area contributed by atoms with Crippen LogP contribution < -0.4 is 0 Å². The highest BCUT2D eigenvalue weighted by molar-refractivity contribution is 5.89. The van der Waals surface area contributed by atoms with Gasteiger partial charge in [-0.1, -0.05) is 18.6 Å². The van der Waals surface area contributed by atoms with Crippen LogP contribution in [0.1, 0.15) is 35.2 Å². The Balaban J connectivity index is 1.84. The van der Waals surface area contributed by atoms with Gasteiger partial charge in [-0.25, -0.2) is 4.79 Å². The number of ether oxygens (including phenoxy) is 1. The number of hydrogen-bond donors (Lipinski definition) is 0. The molecule has 98 valence electrons. The molecule has 0 amide bonds. The van der Waals surface area contributed by atoms with Gasteiger partial charge in [-0.05, 0) is 50.0 Å². The van der Waals surface area contributed by atoms with E-state index in [-0.39, 0.29) is 5.97 Å². The zero-order chi connectivity index (χ0) is 12.8. The third kappa shape index (κ3) is 3.57. The van der Waals surface area contributed by atoms with Gasteiger partial charge < -0.3 is 9.64 Å². The first-order valence-electron chi connectivity index (χ1n) is 6.69. The summed E-state index contributed by atoms with van der Waals surface area (Å²) in [7, 11) is 1.41. The fourth-order valence-electron chi connectivity index (χ4n) is 2.40. The minimum atomic E-state index is -0.266. The van der Waals surface area contributed by atoms with E-state index in [1.807, 2.05) is 24.3 Å². The van der Waals surface area contributed by atoms with Crippen LogP contribution in [0, 0.1) is 0 Å². The molecule has 0 aliphatic carbocycles. The predicted octanol–water partition coefficient (Wildman–Crippen LogP) is 2.50. The van der Waals surface area contributed by atoms with E-state index in [0.717, 1.165) is 13.0 Å². The molecular formula is C15H21NO2. The molecule has 0 N–H and O–H groups in total. The molecule has 1 saturated heterocycles. The van der Waals surface area contributed by atoms with E-state index in [2.05, 4.69) is 9.64 Å². The van der Waals surface area contributed by atoms with Crippen LogP contribution in [-0.4, -0.2) is 37.6 Å². The van der Waals surface area contributed by atoms with E-state index < -0.39 is 0 Å². The van der Waals surface area contributed by atoms with Gasteiger partial charge in [-0.2, -0.15) is 0 Å². The van der Waals surface area contributed by atoms with Crippen LogP contribution >= 0.6 is 0 Å². The highest BCUT2D eigenvalue weighted by Crippen LogP contribution is 2.11. The molecule has 2 rings (SSSR count). The van der Waals surface area contributed by atoms with Crippen LogP contribution in [0.15, 0.2) is 24.3 Å². The zero-order valence-corrected chi connectivity index (χ0v) is 11.0. The number of hydrogen-bond acceptors (Lipinski definition) is 3. The quantitative estimate of drug-likeness (QED) is 0.766. The molecule has 0 bridgehead atoms. The van der Waals surface area contributed by atoms with E-state index in [1.54, 1.807) is 0 Å². The van der Waals surface area contributed by atoms with E-state index in [1.165, 1.54) is 45.0 Å². The second kappa shape index (κ2) is 6.55. The summed E-state index contributed by atoms with van der Waals surface area (Å²) in [5.41, 5.74) is 1.91. The van der Waals surface area contributed by atoms with Crippen molar-refractivity contribution in [3.05, 3.63) is 35.4 Å². The number of carbonyl (C=O) groups is 1. The molecule has 1 aromatic carbocycles. The maximum Gasteiger partial charge on any atom is 0.337 e. The van der Waals surface area contributed by atoms with E-state index in [4.69, 9.17) is 0 Å². The molecular weight excluding hydrogens is 226 g/mol. The number of benzene rings is 1. The maximum atomic E-state index is 11.3. The van der Waals surface area contributed by atoms with Crippen molar-refractivity contribution >= 4 is 5.97 Å². The van der Waals surface area contributed by atoms with Crippen molar-refractivity contribution in [2.45, 2.75) is 25.7 Å². The van der Waals surface area contributed by atoms with Crippen LogP contribution in [0.2, 0.25) is 0 Å². The van der Waals surface area contributed by atoms with Gasteiger partial charge in [-0.3, -0.25) is 0 Å². The Morgan fingerprint density at radius 2 is 1.83 bits per heavy atom. The molecule has 0 aromatic heterocycles. The molecule has 1 heterocycles. The van der Waals surface area contributed by atoms with E-state index in [0.29, 0.717) is 5.56 Å². The van der Waals surface area contributed by atoms with Crippen LogP contribution in [0.4, 0.5) is 0 Å². The van der Waals surface area contributed by atoms with Gasteiger partial charge in [-0.15, -0.1) is 0 Å². The van der Waals surface area contributed by atoms with Crippen molar-refractivity contribution in [2.75, 3.05) is 26.7 Å². The largest absolute Gasteiger partial charge is 0.465 e. The molecule has 0 saturated carbocycles. The molecule has 1 aliphatic rings. The van der Waals surface area contributed by atoms with E-state index in [9.17, 15) is 4.79 Å². The summed E-state index contributed by atoms with van der Waals surface area (Å²) in [5.74, 6) is -0.266. The predicted molar refractivity (Wildman–Crippen MR) is 71.8 cm³/mol. The first-order valence-corrected chi connectivity index (χ1v) is 6.69. The second-order valence-electron chi connectivity index (χ2n) is 4.84. The SMILES string of the molecule is COC(=O)c1ccc(CCN2CCCCC2)cc1. The molecule has 1 aliphatic heterocycles. The number of rotatable bonds is 4. The molecule has 0 spiro atoms. The molecule has 18 heavy (non-hydrogen) atoms. The summed E-state index contributed by atoms with van der Waals surface area (Å²) in [6.07, 6.45) is 5.11. The van der Waals surface area contributed by atoms with Crippen molar-refractivity contribution in [3.63, 3.8) is 0 Å². The Bertz CT molecular complexity index is 380. The monoisotopic (exact) mass is 247 g/mol. The van der Waals surface area contributed by atoms with Crippen LogP contribution in [0.3, 0.4) is 0 Å². The molecule has 0 unspecified atom stereocenters. The third-order valence-electron chi connectivity index (χ3n) is 3.54. The number of methoxy groups -OCH3 is 1. The fourth-order valence-corrected chi connectivity index (χ4v) is 2.40. The molecule has 3 nitrogen and oxygen atoms in total. The van der Waals surface area contributed by atoms with E-state index >= 15 is 0 Å². The summed E-state index contributed by atoms with van der Waals surface area (Å²) in [4.78, 5) is 13.8. The third-order valence-corrected chi connectivity index (χ3v) is 3.54. The average Bonchev–Trinajstić information content (AvgIpc) is 2.46. The Hall–Kier alpha value is -1.35. The van der Waals surface area contributed by atoms with Crippen molar-refractivity contribution in [1.29, 1.82) is 0 Å². The first kappa shape index (κ1) is 13.1. The Kier molecular flexibility index (Phi) is 4.76. The molecule has 1 fully saturated rings. The summed E-state index contributed by atoms with van der Waals surface area (Å²) in [5, 5.41) is 0. The number of esters is 1. The van der Waals surface area contributed by atoms with Gasteiger partial charge in [0, 0.05) is 6.54 Å². The summed E-state index contributed by atoms with van der Waals surface area (Å²) >= 11 is 0. The number of carbonyl (C=O) groups excluding carboxylic acids is 1. The van der Waals surface area contributed by atoms with Crippen LogP contribution in [-0.2, 0) is 11.2 Å². The van der Waals surface area contributed by atoms with Crippen molar-refractivity contribution in [1.82, 2.24) is 4.90 Å².